The summed E-state index contributed by atoms with van der Waals surface area (Å²) in [6.45, 7) is 8.08. The van der Waals surface area contributed by atoms with Gasteiger partial charge in [-0.2, -0.15) is 0 Å². The Balaban J connectivity index is 2.86. The summed E-state index contributed by atoms with van der Waals surface area (Å²) in [6.07, 6.45) is 17.3. The third-order valence-corrected chi connectivity index (χ3v) is 3.43. The SMILES string of the molecule is [CH2]CCCCCCCOCCCCCCCCC. The molecule has 0 bridgehead atoms. The van der Waals surface area contributed by atoms with E-state index in [1.54, 1.807) is 0 Å². The predicted molar refractivity (Wildman–Crippen MR) is 81.9 cm³/mol. The second-order valence-electron chi connectivity index (χ2n) is 5.36. The molecule has 109 valence electrons. The summed E-state index contributed by atoms with van der Waals surface area (Å²) in [7, 11) is 0. The van der Waals surface area contributed by atoms with Gasteiger partial charge in [0.15, 0.2) is 0 Å². The van der Waals surface area contributed by atoms with E-state index in [-0.39, 0.29) is 0 Å². The first-order chi connectivity index (χ1) is 8.91. The molecule has 0 unspecified atom stereocenters. The Kier molecular flexibility index (Phi) is 16.9. The molecule has 0 saturated carbocycles. The van der Waals surface area contributed by atoms with E-state index in [2.05, 4.69) is 13.8 Å². The molecular weight excluding hydrogens is 220 g/mol. The van der Waals surface area contributed by atoms with Crippen LogP contribution in [0.4, 0.5) is 0 Å². The van der Waals surface area contributed by atoms with Crippen molar-refractivity contribution in [2.75, 3.05) is 13.2 Å². The maximum Gasteiger partial charge on any atom is 0.0466 e. The molecule has 0 fully saturated rings. The van der Waals surface area contributed by atoms with E-state index >= 15 is 0 Å². The van der Waals surface area contributed by atoms with Gasteiger partial charge in [-0.3, -0.25) is 0 Å². The molecule has 1 nitrogen and oxygen atoms in total. The average molecular weight is 255 g/mol. The molecule has 0 aliphatic rings. The second-order valence-corrected chi connectivity index (χ2v) is 5.36. The molecule has 1 heteroatoms. The molecule has 0 N–H and O–H groups in total. The summed E-state index contributed by atoms with van der Waals surface area (Å²) < 4.78 is 5.66. The van der Waals surface area contributed by atoms with E-state index in [1.807, 2.05) is 0 Å². The van der Waals surface area contributed by atoms with Crippen molar-refractivity contribution >= 4 is 0 Å². The number of rotatable bonds is 15. The Morgan fingerprint density at radius 1 is 0.611 bits per heavy atom. The number of ether oxygens (including phenoxy) is 1. The van der Waals surface area contributed by atoms with Crippen LogP contribution in [0.15, 0.2) is 0 Å². The van der Waals surface area contributed by atoms with E-state index in [1.165, 1.54) is 77.0 Å². The van der Waals surface area contributed by atoms with Gasteiger partial charge in [0.1, 0.15) is 0 Å². The summed E-state index contributed by atoms with van der Waals surface area (Å²) in [5.74, 6) is 0. The van der Waals surface area contributed by atoms with Crippen molar-refractivity contribution in [3.05, 3.63) is 6.92 Å². The van der Waals surface area contributed by atoms with Gasteiger partial charge in [-0.15, -0.1) is 0 Å². The van der Waals surface area contributed by atoms with Crippen LogP contribution in [0, 0.1) is 6.92 Å². The van der Waals surface area contributed by atoms with Gasteiger partial charge in [0.2, 0.25) is 0 Å². The fourth-order valence-electron chi connectivity index (χ4n) is 2.17. The minimum atomic E-state index is 0.972. The molecule has 0 aromatic carbocycles. The zero-order valence-corrected chi connectivity index (χ0v) is 12.7. The first kappa shape index (κ1) is 18.0. The lowest BCUT2D eigenvalue weighted by Gasteiger charge is -2.04. The number of hydrogen-bond acceptors (Lipinski definition) is 1. The van der Waals surface area contributed by atoms with Gasteiger partial charge < -0.3 is 4.74 Å². The van der Waals surface area contributed by atoms with Crippen LogP contribution in [0.2, 0.25) is 0 Å². The van der Waals surface area contributed by atoms with Crippen LogP contribution in [-0.4, -0.2) is 13.2 Å². The minimum Gasteiger partial charge on any atom is -0.381 e. The molecule has 0 saturated heterocycles. The molecule has 0 aliphatic heterocycles. The van der Waals surface area contributed by atoms with Crippen molar-refractivity contribution in [1.29, 1.82) is 0 Å². The second kappa shape index (κ2) is 17.0. The smallest absolute Gasteiger partial charge is 0.0466 e. The number of hydrogen-bond donors (Lipinski definition) is 0. The number of unbranched alkanes of at least 4 members (excludes halogenated alkanes) is 11. The molecule has 1 radical (unpaired) electrons. The summed E-state index contributed by atoms with van der Waals surface area (Å²) in [4.78, 5) is 0. The van der Waals surface area contributed by atoms with Gasteiger partial charge in [-0.25, -0.2) is 0 Å². The van der Waals surface area contributed by atoms with Crippen molar-refractivity contribution in [3.8, 4) is 0 Å². The Morgan fingerprint density at radius 2 is 1.06 bits per heavy atom. The highest BCUT2D eigenvalue weighted by Gasteiger charge is 1.93. The fourth-order valence-corrected chi connectivity index (χ4v) is 2.17. The van der Waals surface area contributed by atoms with Crippen molar-refractivity contribution in [2.45, 2.75) is 90.4 Å². The summed E-state index contributed by atoms with van der Waals surface area (Å²) >= 11 is 0. The molecular formula is C17H35O. The zero-order valence-electron chi connectivity index (χ0n) is 12.7. The summed E-state index contributed by atoms with van der Waals surface area (Å²) in [5.41, 5.74) is 0. The van der Waals surface area contributed by atoms with Crippen molar-refractivity contribution in [3.63, 3.8) is 0 Å². The molecule has 0 spiro atoms. The predicted octanol–water partition coefficient (Wildman–Crippen LogP) is 5.93. The first-order valence-corrected chi connectivity index (χ1v) is 8.28. The minimum absolute atomic E-state index is 0.972. The molecule has 18 heavy (non-hydrogen) atoms. The van der Waals surface area contributed by atoms with Crippen LogP contribution in [-0.2, 0) is 4.74 Å². The Morgan fingerprint density at radius 3 is 1.56 bits per heavy atom. The molecule has 0 heterocycles. The fraction of sp³-hybridized carbons (Fsp3) is 0.941. The van der Waals surface area contributed by atoms with Gasteiger partial charge in [0.25, 0.3) is 0 Å². The highest BCUT2D eigenvalue weighted by Crippen LogP contribution is 2.07. The van der Waals surface area contributed by atoms with Gasteiger partial charge >= 0.3 is 0 Å². The lowest BCUT2D eigenvalue weighted by atomic mass is 10.1. The lowest BCUT2D eigenvalue weighted by molar-refractivity contribution is 0.125. The van der Waals surface area contributed by atoms with Crippen molar-refractivity contribution in [2.24, 2.45) is 0 Å². The highest BCUT2D eigenvalue weighted by atomic mass is 16.5. The van der Waals surface area contributed by atoms with Crippen LogP contribution in [0.25, 0.3) is 0 Å². The van der Waals surface area contributed by atoms with Crippen LogP contribution < -0.4 is 0 Å². The van der Waals surface area contributed by atoms with Crippen LogP contribution in [0.1, 0.15) is 90.4 Å². The topological polar surface area (TPSA) is 9.23 Å². The third-order valence-electron chi connectivity index (χ3n) is 3.43. The van der Waals surface area contributed by atoms with E-state index in [0.29, 0.717) is 0 Å². The van der Waals surface area contributed by atoms with Gasteiger partial charge in [-0.1, -0.05) is 84.5 Å². The van der Waals surface area contributed by atoms with Gasteiger partial charge in [-0.05, 0) is 12.8 Å². The molecule has 0 aromatic rings. The average Bonchev–Trinajstić information content (AvgIpc) is 2.39. The Hall–Kier alpha value is -0.0400. The molecule has 0 aliphatic carbocycles. The van der Waals surface area contributed by atoms with Crippen molar-refractivity contribution < 1.29 is 4.74 Å². The molecule has 0 rings (SSSR count). The van der Waals surface area contributed by atoms with E-state index < -0.39 is 0 Å². The maximum atomic E-state index is 5.66. The standard InChI is InChI=1S/C17H35O/c1-3-5-7-9-11-13-15-17-18-16-14-12-10-8-6-4-2/h2-17H2,1H3. The summed E-state index contributed by atoms with van der Waals surface area (Å²) in [5, 5.41) is 0. The summed E-state index contributed by atoms with van der Waals surface area (Å²) in [6, 6.07) is 0. The van der Waals surface area contributed by atoms with E-state index in [9.17, 15) is 0 Å². The van der Waals surface area contributed by atoms with E-state index in [0.717, 1.165) is 19.6 Å². The monoisotopic (exact) mass is 255 g/mol. The van der Waals surface area contributed by atoms with Crippen LogP contribution in [0.5, 0.6) is 0 Å². The van der Waals surface area contributed by atoms with Crippen LogP contribution >= 0.6 is 0 Å². The normalized spacial score (nSPS) is 11.0. The molecule has 0 amide bonds. The van der Waals surface area contributed by atoms with Gasteiger partial charge in [0, 0.05) is 13.2 Å². The van der Waals surface area contributed by atoms with E-state index in [4.69, 9.17) is 4.74 Å². The largest absolute Gasteiger partial charge is 0.381 e. The quantitative estimate of drug-likeness (QED) is 0.330. The Bertz CT molecular complexity index is 118. The molecule has 0 atom stereocenters. The highest BCUT2D eigenvalue weighted by molar-refractivity contribution is 4.47. The first-order valence-electron chi connectivity index (χ1n) is 8.28. The zero-order chi connectivity index (χ0) is 13.3. The third kappa shape index (κ3) is 16.0. The van der Waals surface area contributed by atoms with Crippen LogP contribution in [0.3, 0.4) is 0 Å². The lowest BCUT2D eigenvalue weighted by Crippen LogP contribution is -1.97. The van der Waals surface area contributed by atoms with Gasteiger partial charge in [0.05, 0.1) is 0 Å². The maximum absolute atomic E-state index is 5.66. The Labute approximate surface area is 116 Å². The van der Waals surface area contributed by atoms with Crippen molar-refractivity contribution in [1.82, 2.24) is 0 Å². The molecule has 0 aromatic heterocycles.